The Bertz CT molecular complexity index is 439. The number of halogens is 1. The molecule has 0 bridgehead atoms. The topological polar surface area (TPSA) is 66.4 Å². The average molecular weight is 332 g/mol. The number of rotatable bonds is 6. The molecule has 1 rings (SSSR count). The van der Waals surface area contributed by atoms with E-state index in [4.69, 9.17) is 5.11 Å². The van der Waals surface area contributed by atoms with E-state index in [0.717, 1.165) is 10.0 Å². The van der Waals surface area contributed by atoms with Gasteiger partial charge in [-0.1, -0.05) is 28.1 Å². The number of carbonyl (C=O) groups excluding carboxylic acids is 1. The van der Waals surface area contributed by atoms with Gasteiger partial charge < -0.3 is 10.4 Å². The van der Waals surface area contributed by atoms with Gasteiger partial charge in [-0.05, 0) is 29.9 Å². The first-order chi connectivity index (χ1) is 8.52. The maximum absolute atomic E-state index is 11.7. The van der Waals surface area contributed by atoms with Crippen LogP contribution in [0.5, 0.6) is 0 Å². The van der Waals surface area contributed by atoms with Gasteiger partial charge in [0.1, 0.15) is 6.04 Å². The second-order valence-corrected chi connectivity index (χ2v) is 5.14. The molecule has 1 aromatic rings. The molecule has 0 aliphatic carbocycles. The molecule has 1 unspecified atom stereocenters. The van der Waals surface area contributed by atoms with E-state index >= 15 is 0 Å². The number of nitrogens with one attached hydrogen (secondary N) is 1. The normalized spacial score (nSPS) is 11.9. The van der Waals surface area contributed by atoms with Crippen molar-refractivity contribution in [2.75, 3.05) is 5.75 Å². The monoisotopic (exact) mass is 331 g/mol. The van der Waals surface area contributed by atoms with Crippen LogP contribution in [-0.4, -0.2) is 28.8 Å². The highest BCUT2D eigenvalue weighted by molar-refractivity contribution is 9.10. The molecule has 0 aliphatic rings. The minimum absolute atomic E-state index is 0.162. The standard InChI is InChI=1S/C12H14BrNO3S/c13-9-3-1-2-8(6-9)7-11(15)14-10(4-5-18)12(16)17/h1-3,6,10,18H,4-5,7H2,(H,14,15)(H,16,17). The maximum atomic E-state index is 11.7. The third-order valence-corrected chi connectivity index (χ3v) is 3.06. The molecule has 1 amide bonds. The van der Waals surface area contributed by atoms with Crippen LogP contribution in [0.1, 0.15) is 12.0 Å². The van der Waals surface area contributed by atoms with Crippen LogP contribution in [0.3, 0.4) is 0 Å². The molecule has 18 heavy (non-hydrogen) atoms. The van der Waals surface area contributed by atoms with E-state index in [1.807, 2.05) is 24.3 Å². The minimum atomic E-state index is -1.04. The van der Waals surface area contributed by atoms with E-state index in [-0.39, 0.29) is 12.3 Å². The lowest BCUT2D eigenvalue weighted by Gasteiger charge is -2.13. The van der Waals surface area contributed by atoms with Gasteiger partial charge in [0.25, 0.3) is 0 Å². The van der Waals surface area contributed by atoms with Crippen LogP contribution >= 0.6 is 28.6 Å². The molecule has 0 saturated heterocycles. The summed E-state index contributed by atoms with van der Waals surface area (Å²) in [4.78, 5) is 22.6. The van der Waals surface area contributed by atoms with Crippen LogP contribution in [0.2, 0.25) is 0 Å². The fourth-order valence-electron chi connectivity index (χ4n) is 1.46. The molecule has 0 spiro atoms. The zero-order valence-electron chi connectivity index (χ0n) is 9.60. The molecule has 0 saturated carbocycles. The Morgan fingerprint density at radius 2 is 2.17 bits per heavy atom. The van der Waals surface area contributed by atoms with Crippen LogP contribution in [-0.2, 0) is 16.0 Å². The molecule has 0 heterocycles. The highest BCUT2D eigenvalue weighted by atomic mass is 79.9. The molecule has 4 nitrogen and oxygen atoms in total. The summed E-state index contributed by atoms with van der Waals surface area (Å²) in [6.45, 7) is 0. The Morgan fingerprint density at radius 1 is 1.44 bits per heavy atom. The molecule has 1 aromatic carbocycles. The summed E-state index contributed by atoms with van der Waals surface area (Å²) in [7, 11) is 0. The molecule has 0 aliphatic heterocycles. The van der Waals surface area contributed by atoms with Crippen molar-refractivity contribution in [3.63, 3.8) is 0 Å². The Kier molecular flexibility index (Phi) is 6.21. The summed E-state index contributed by atoms with van der Waals surface area (Å²) < 4.78 is 0.887. The predicted octanol–water partition coefficient (Wildman–Crippen LogP) is 1.88. The first kappa shape index (κ1) is 15.0. The average Bonchev–Trinajstić information content (AvgIpc) is 2.28. The zero-order chi connectivity index (χ0) is 13.5. The number of carboxylic acids is 1. The van der Waals surface area contributed by atoms with E-state index < -0.39 is 12.0 Å². The summed E-state index contributed by atoms with van der Waals surface area (Å²) in [6.07, 6.45) is 0.471. The van der Waals surface area contributed by atoms with Gasteiger partial charge in [-0.15, -0.1) is 0 Å². The first-order valence-electron chi connectivity index (χ1n) is 5.40. The summed E-state index contributed by atoms with van der Waals surface area (Å²) >= 11 is 7.28. The number of aliphatic carboxylic acids is 1. The summed E-state index contributed by atoms with van der Waals surface area (Å²) in [6, 6.07) is 6.46. The van der Waals surface area contributed by atoms with Gasteiger partial charge in [-0.25, -0.2) is 4.79 Å². The third-order valence-electron chi connectivity index (χ3n) is 2.30. The smallest absolute Gasteiger partial charge is 0.326 e. The molecule has 98 valence electrons. The first-order valence-corrected chi connectivity index (χ1v) is 6.83. The molecule has 0 aromatic heterocycles. The van der Waals surface area contributed by atoms with Gasteiger partial charge in [0.15, 0.2) is 0 Å². The van der Waals surface area contributed by atoms with Crippen LogP contribution in [0.4, 0.5) is 0 Å². The number of benzene rings is 1. The van der Waals surface area contributed by atoms with Gasteiger partial charge in [0, 0.05) is 4.47 Å². The minimum Gasteiger partial charge on any atom is -0.480 e. The van der Waals surface area contributed by atoms with Crippen LogP contribution in [0, 0.1) is 0 Å². The number of amides is 1. The highest BCUT2D eigenvalue weighted by Crippen LogP contribution is 2.12. The van der Waals surface area contributed by atoms with Crippen molar-refractivity contribution < 1.29 is 14.7 Å². The molecule has 1 atom stereocenters. The van der Waals surface area contributed by atoms with Crippen LogP contribution in [0.15, 0.2) is 28.7 Å². The third kappa shape index (κ3) is 5.10. The number of carboxylic acid groups (broad SMARTS) is 1. The van der Waals surface area contributed by atoms with E-state index in [0.29, 0.717) is 12.2 Å². The van der Waals surface area contributed by atoms with Crippen molar-refractivity contribution in [1.29, 1.82) is 0 Å². The van der Waals surface area contributed by atoms with Crippen molar-refractivity contribution in [3.8, 4) is 0 Å². The van der Waals surface area contributed by atoms with Gasteiger partial charge >= 0.3 is 5.97 Å². The van der Waals surface area contributed by atoms with E-state index in [9.17, 15) is 9.59 Å². The van der Waals surface area contributed by atoms with E-state index in [1.54, 1.807) is 0 Å². The predicted molar refractivity (Wildman–Crippen MR) is 75.9 cm³/mol. The van der Waals surface area contributed by atoms with Gasteiger partial charge in [-0.2, -0.15) is 12.6 Å². The fraction of sp³-hybridized carbons (Fsp3) is 0.333. The van der Waals surface area contributed by atoms with Crippen LogP contribution < -0.4 is 5.32 Å². The lowest BCUT2D eigenvalue weighted by molar-refractivity contribution is -0.141. The number of hydrogen-bond donors (Lipinski definition) is 3. The van der Waals surface area contributed by atoms with Crippen LogP contribution in [0.25, 0.3) is 0 Å². The molecule has 0 radical (unpaired) electrons. The van der Waals surface area contributed by atoms with Crippen molar-refractivity contribution in [2.24, 2.45) is 0 Å². The Balaban J connectivity index is 2.57. The van der Waals surface area contributed by atoms with E-state index in [2.05, 4.69) is 33.9 Å². The molecular formula is C12H14BrNO3S. The fourth-order valence-corrected chi connectivity index (χ4v) is 2.17. The maximum Gasteiger partial charge on any atom is 0.326 e. The summed E-state index contributed by atoms with van der Waals surface area (Å²) in [5.74, 6) is -0.928. The van der Waals surface area contributed by atoms with Crippen molar-refractivity contribution in [1.82, 2.24) is 5.32 Å². The highest BCUT2D eigenvalue weighted by Gasteiger charge is 2.18. The van der Waals surface area contributed by atoms with Gasteiger partial charge in [0.2, 0.25) is 5.91 Å². The molecule has 0 fully saturated rings. The largest absolute Gasteiger partial charge is 0.480 e. The zero-order valence-corrected chi connectivity index (χ0v) is 12.1. The van der Waals surface area contributed by atoms with Gasteiger partial charge in [-0.3, -0.25) is 4.79 Å². The van der Waals surface area contributed by atoms with E-state index in [1.165, 1.54) is 0 Å². The van der Waals surface area contributed by atoms with Crippen molar-refractivity contribution in [2.45, 2.75) is 18.9 Å². The Hall–Kier alpha value is -1.01. The second-order valence-electron chi connectivity index (χ2n) is 3.78. The summed E-state index contributed by atoms with van der Waals surface area (Å²) in [5, 5.41) is 11.4. The van der Waals surface area contributed by atoms with Crippen molar-refractivity contribution >= 4 is 40.4 Å². The SMILES string of the molecule is O=C(Cc1cccc(Br)c1)NC(CCS)C(=O)O. The molecular weight excluding hydrogens is 318 g/mol. The molecule has 6 heteroatoms. The quantitative estimate of drug-likeness (QED) is 0.697. The van der Waals surface area contributed by atoms with Gasteiger partial charge in [0.05, 0.1) is 6.42 Å². The number of carbonyl (C=O) groups is 2. The second kappa shape index (κ2) is 7.43. The lowest BCUT2D eigenvalue weighted by Crippen LogP contribution is -2.41. The lowest BCUT2D eigenvalue weighted by atomic mass is 10.1. The Labute approximate surface area is 119 Å². The number of hydrogen-bond acceptors (Lipinski definition) is 3. The van der Waals surface area contributed by atoms with Crippen molar-refractivity contribution in [3.05, 3.63) is 34.3 Å². The Morgan fingerprint density at radius 3 is 2.72 bits per heavy atom. The summed E-state index contributed by atoms with van der Waals surface area (Å²) in [5.41, 5.74) is 0.830. The molecule has 2 N–H and O–H groups in total. The number of thiol groups is 1.